The van der Waals surface area contributed by atoms with Gasteiger partial charge in [0.15, 0.2) is 0 Å². The molecule has 0 radical (unpaired) electrons. The Morgan fingerprint density at radius 2 is 1.50 bits per heavy atom. The Hall–Kier alpha value is -0.880. The minimum Gasteiger partial charge on any atom is -0.120 e. The predicted molar refractivity (Wildman–Crippen MR) is 54.6 cm³/mol. The Balaban J connectivity index is 3.06. The molecule has 66 valence electrons. The molecule has 0 unspecified atom stereocenters. The van der Waals surface area contributed by atoms with Gasteiger partial charge in [-0.3, -0.25) is 0 Å². The first-order valence-electron chi connectivity index (χ1n) is 4.81. The van der Waals surface area contributed by atoms with E-state index in [9.17, 15) is 0 Å². The van der Waals surface area contributed by atoms with Gasteiger partial charge in [0.2, 0.25) is 0 Å². The second-order valence-corrected chi connectivity index (χ2v) is 2.87. The molecule has 0 N–H and O–H groups in total. The Bertz CT molecular complexity index is 172. The lowest BCUT2D eigenvalue weighted by atomic mass is 10.2. The maximum absolute atomic E-state index is 5.12. The van der Waals surface area contributed by atoms with Crippen molar-refractivity contribution in [1.29, 1.82) is 0 Å². The molecule has 0 aromatic rings. The minimum absolute atomic E-state index is 0.899. The van der Waals surface area contributed by atoms with Crippen molar-refractivity contribution in [1.82, 2.24) is 0 Å². The summed E-state index contributed by atoms with van der Waals surface area (Å²) < 4.78 is 0. The first-order valence-corrected chi connectivity index (χ1v) is 4.81. The van der Waals surface area contributed by atoms with Crippen molar-refractivity contribution in [3.63, 3.8) is 0 Å². The highest BCUT2D eigenvalue weighted by molar-refractivity contribution is 4.98. The second-order valence-electron chi connectivity index (χ2n) is 2.87. The molecule has 0 saturated heterocycles. The summed E-state index contributed by atoms with van der Waals surface area (Å²) in [6.07, 6.45) is 12.9. The van der Waals surface area contributed by atoms with E-state index in [1.165, 1.54) is 12.8 Å². The molecule has 0 rings (SSSR count). The zero-order chi connectivity index (χ0) is 9.07. The predicted octanol–water partition coefficient (Wildman–Crippen LogP) is 3.37. The highest BCUT2D eigenvalue weighted by atomic mass is 13.9. The molecule has 0 heteroatoms. The number of hydrogen-bond acceptors (Lipinski definition) is 0. The van der Waals surface area contributed by atoms with Crippen molar-refractivity contribution in [2.75, 3.05) is 0 Å². The molecular weight excluding hydrogens is 144 g/mol. The molecule has 0 fully saturated rings. The quantitative estimate of drug-likeness (QED) is 0.429. The number of rotatable bonds is 5. The smallest absolute Gasteiger partial charge is 0.00890 e. The van der Waals surface area contributed by atoms with E-state index in [0.717, 1.165) is 32.1 Å². The van der Waals surface area contributed by atoms with Gasteiger partial charge in [-0.15, -0.1) is 24.2 Å². The van der Waals surface area contributed by atoms with Gasteiger partial charge in [-0.25, -0.2) is 0 Å². The van der Waals surface area contributed by atoms with E-state index < -0.39 is 0 Å². The first-order chi connectivity index (χ1) is 5.91. The van der Waals surface area contributed by atoms with Crippen LogP contribution in [0, 0.1) is 24.2 Å². The number of terminal acetylenes is 1. The summed E-state index contributed by atoms with van der Waals surface area (Å²) in [5.41, 5.74) is 0. The average Bonchev–Trinajstić information content (AvgIpc) is 2.10. The van der Waals surface area contributed by atoms with Gasteiger partial charge in [-0.2, -0.15) is 0 Å². The standard InChI is InChI=1S/C12H18/c1-3-5-7-9-11-12-10-8-6-4-2/h1H,4-9,11H2,2H3. The van der Waals surface area contributed by atoms with E-state index in [1.807, 2.05) is 0 Å². The third-order valence-electron chi connectivity index (χ3n) is 1.65. The molecule has 0 aromatic heterocycles. The Labute approximate surface area is 76.8 Å². The maximum Gasteiger partial charge on any atom is 0.00890 e. The van der Waals surface area contributed by atoms with E-state index >= 15 is 0 Å². The molecule has 0 heterocycles. The summed E-state index contributed by atoms with van der Waals surface area (Å²) in [6.45, 7) is 2.19. The normalized spacial score (nSPS) is 8.33. The molecule has 12 heavy (non-hydrogen) atoms. The van der Waals surface area contributed by atoms with Gasteiger partial charge >= 0.3 is 0 Å². The SMILES string of the molecule is C#CCCCCC#CCCCC. The monoisotopic (exact) mass is 162 g/mol. The van der Waals surface area contributed by atoms with Crippen molar-refractivity contribution in [2.24, 2.45) is 0 Å². The summed E-state index contributed by atoms with van der Waals surface area (Å²) in [6, 6.07) is 0. The van der Waals surface area contributed by atoms with Crippen LogP contribution in [0.15, 0.2) is 0 Å². The topological polar surface area (TPSA) is 0 Å². The van der Waals surface area contributed by atoms with Crippen LogP contribution in [-0.2, 0) is 0 Å². The number of unbranched alkanes of at least 4 members (excludes halogenated alkanes) is 5. The molecule has 0 aromatic carbocycles. The Kier molecular flexibility index (Phi) is 9.38. The number of hydrogen-bond donors (Lipinski definition) is 0. The molecule has 0 aliphatic rings. The van der Waals surface area contributed by atoms with Gasteiger partial charge in [0, 0.05) is 19.3 Å². The summed E-state index contributed by atoms with van der Waals surface area (Å²) >= 11 is 0. The molecule has 0 nitrogen and oxygen atoms in total. The molecule has 0 amide bonds. The summed E-state index contributed by atoms with van der Waals surface area (Å²) in [7, 11) is 0. The van der Waals surface area contributed by atoms with Gasteiger partial charge in [-0.1, -0.05) is 13.3 Å². The van der Waals surface area contributed by atoms with Crippen molar-refractivity contribution >= 4 is 0 Å². The maximum atomic E-state index is 5.12. The second kappa shape index (κ2) is 10.1. The first kappa shape index (κ1) is 11.1. The third-order valence-corrected chi connectivity index (χ3v) is 1.65. The molecule has 0 spiro atoms. The molecule has 0 atom stereocenters. The lowest BCUT2D eigenvalue weighted by Crippen LogP contribution is -1.73. The fraction of sp³-hybridized carbons (Fsp3) is 0.667. The van der Waals surface area contributed by atoms with Crippen LogP contribution in [0.4, 0.5) is 0 Å². The van der Waals surface area contributed by atoms with E-state index in [2.05, 4.69) is 24.7 Å². The van der Waals surface area contributed by atoms with Crippen LogP contribution in [0.3, 0.4) is 0 Å². The van der Waals surface area contributed by atoms with Gasteiger partial charge in [-0.05, 0) is 19.3 Å². The van der Waals surface area contributed by atoms with E-state index in [0.29, 0.717) is 0 Å². The zero-order valence-electron chi connectivity index (χ0n) is 8.03. The van der Waals surface area contributed by atoms with Crippen LogP contribution < -0.4 is 0 Å². The van der Waals surface area contributed by atoms with Gasteiger partial charge in [0.25, 0.3) is 0 Å². The molecule has 0 bridgehead atoms. The third kappa shape index (κ3) is 9.12. The highest BCUT2D eigenvalue weighted by Gasteiger charge is 1.82. The van der Waals surface area contributed by atoms with Crippen LogP contribution in [0.2, 0.25) is 0 Å². The lowest BCUT2D eigenvalue weighted by Gasteiger charge is -1.88. The van der Waals surface area contributed by atoms with Crippen molar-refractivity contribution in [3.05, 3.63) is 0 Å². The summed E-state index contributed by atoms with van der Waals surface area (Å²) in [5, 5.41) is 0. The van der Waals surface area contributed by atoms with Crippen molar-refractivity contribution < 1.29 is 0 Å². The van der Waals surface area contributed by atoms with Crippen molar-refractivity contribution in [2.45, 2.75) is 51.9 Å². The molecular formula is C12H18. The van der Waals surface area contributed by atoms with Gasteiger partial charge in [0.1, 0.15) is 0 Å². The van der Waals surface area contributed by atoms with Crippen LogP contribution in [-0.4, -0.2) is 0 Å². The summed E-state index contributed by atoms with van der Waals surface area (Å²) in [5.74, 6) is 8.95. The lowest BCUT2D eigenvalue weighted by molar-refractivity contribution is 0.780. The molecule has 0 aliphatic carbocycles. The van der Waals surface area contributed by atoms with E-state index in [4.69, 9.17) is 6.42 Å². The van der Waals surface area contributed by atoms with Gasteiger partial charge in [0.05, 0.1) is 0 Å². The largest absolute Gasteiger partial charge is 0.120 e. The van der Waals surface area contributed by atoms with E-state index in [-0.39, 0.29) is 0 Å². The molecule has 0 aliphatic heterocycles. The highest BCUT2D eigenvalue weighted by Crippen LogP contribution is 1.97. The fourth-order valence-electron chi connectivity index (χ4n) is 0.882. The van der Waals surface area contributed by atoms with Crippen LogP contribution in [0.5, 0.6) is 0 Å². The Morgan fingerprint density at radius 1 is 0.917 bits per heavy atom. The van der Waals surface area contributed by atoms with Gasteiger partial charge < -0.3 is 0 Å². The van der Waals surface area contributed by atoms with Crippen LogP contribution in [0.1, 0.15) is 51.9 Å². The van der Waals surface area contributed by atoms with Crippen LogP contribution >= 0.6 is 0 Å². The average molecular weight is 162 g/mol. The minimum atomic E-state index is 0.899. The van der Waals surface area contributed by atoms with Crippen molar-refractivity contribution in [3.8, 4) is 24.2 Å². The summed E-state index contributed by atoms with van der Waals surface area (Å²) in [4.78, 5) is 0. The van der Waals surface area contributed by atoms with Crippen LogP contribution in [0.25, 0.3) is 0 Å². The zero-order valence-corrected chi connectivity index (χ0v) is 8.03. The fourth-order valence-corrected chi connectivity index (χ4v) is 0.882. The Morgan fingerprint density at radius 3 is 2.08 bits per heavy atom. The van der Waals surface area contributed by atoms with E-state index in [1.54, 1.807) is 0 Å². The molecule has 0 saturated carbocycles.